The van der Waals surface area contributed by atoms with Gasteiger partial charge in [0.25, 0.3) is 8.53 Å². The van der Waals surface area contributed by atoms with Crippen molar-refractivity contribution in [2.24, 2.45) is 5.92 Å². The van der Waals surface area contributed by atoms with Gasteiger partial charge in [-0.05, 0) is 33.8 Å². The minimum atomic E-state index is -3.34. The van der Waals surface area contributed by atoms with Gasteiger partial charge in [0.2, 0.25) is 0 Å². The molecule has 0 amide bonds. The topological polar surface area (TPSA) is 99.5 Å². The third kappa shape index (κ3) is 6.83. The SMILES string of the molecule is [B]C1OC(/C=C/P(=O)(OC)OC)[C@H]2CO[C@@H]1C2OP(OCCC#N)N(C(C)C)C(C)C. The molecule has 2 aliphatic heterocycles. The van der Waals surface area contributed by atoms with Gasteiger partial charge in [-0.2, -0.15) is 5.26 Å². The van der Waals surface area contributed by atoms with E-state index in [0.29, 0.717) is 6.61 Å². The van der Waals surface area contributed by atoms with E-state index in [4.69, 9.17) is 40.7 Å². The Kier molecular flexibility index (Phi) is 10.6. The summed E-state index contributed by atoms with van der Waals surface area (Å²) in [5.41, 5.74) is 0. The first kappa shape index (κ1) is 26.9. The van der Waals surface area contributed by atoms with E-state index in [1.54, 1.807) is 6.08 Å². The molecule has 174 valence electrons. The maximum atomic E-state index is 12.4. The molecule has 0 aromatic carbocycles. The molecule has 2 radical (unpaired) electrons. The lowest BCUT2D eigenvalue weighted by atomic mass is 9.82. The largest absolute Gasteiger partial charge is 0.377 e. The van der Waals surface area contributed by atoms with Crippen molar-refractivity contribution in [2.75, 3.05) is 27.4 Å². The first-order valence-corrected chi connectivity index (χ1v) is 13.1. The van der Waals surface area contributed by atoms with E-state index in [1.807, 2.05) is 0 Å². The van der Waals surface area contributed by atoms with Crippen LogP contribution in [0.15, 0.2) is 11.9 Å². The summed E-state index contributed by atoms with van der Waals surface area (Å²) in [4.78, 5) is 0. The number of hydrogen-bond acceptors (Lipinski definition) is 9. The lowest BCUT2D eigenvalue weighted by molar-refractivity contribution is -0.0959. The number of nitriles is 1. The molecule has 0 saturated carbocycles. The van der Waals surface area contributed by atoms with E-state index in [2.05, 4.69) is 38.4 Å². The summed E-state index contributed by atoms with van der Waals surface area (Å²) in [6.45, 7) is 8.96. The lowest BCUT2D eigenvalue weighted by Crippen LogP contribution is -2.50. The van der Waals surface area contributed by atoms with E-state index in [-0.39, 0.29) is 37.1 Å². The molecule has 2 bridgehead atoms. The van der Waals surface area contributed by atoms with Gasteiger partial charge in [0.05, 0.1) is 31.8 Å². The molecule has 31 heavy (non-hydrogen) atoms. The number of rotatable bonds is 12. The van der Waals surface area contributed by atoms with Crippen LogP contribution in [-0.4, -0.2) is 76.3 Å². The molecule has 4 unspecified atom stereocenters. The molecule has 2 rings (SSSR count). The second-order valence-corrected chi connectivity index (χ2v) is 11.4. The number of ether oxygens (including phenoxy) is 2. The van der Waals surface area contributed by atoms with Crippen molar-refractivity contribution < 1.29 is 32.1 Å². The summed E-state index contributed by atoms with van der Waals surface area (Å²) in [6.07, 6.45) is 0.603. The van der Waals surface area contributed by atoms with Gasteiger partial charge in [0.15, 0.2) is 0 Å². The van der Waals surface area contributed by atoms with Gasteiger partial charge in [-0.3, -0.25) is 4.57 Å². The smallest absolute Gasteiger partial charge is 0.353 e. The van der Waals surface area contributed by atoms with Gasteiger partial charge < -0.3 is 27.6 Å². The van der Waals surface area contributed by atoms with Crippen LogP contribution >= 0.6 is 16.1 Å². The van der Waals surface area contributed by atoms with E-state index >= 15 is 0 Å². The normalized spacial score (nSPS) is 29.9. The fourth-order valence-corrected chi connectivity index (χ4v) is 6.25. The molecule has 2 fully saturated rings. The molecule has 6 atom stereocenters. The predicted molar refractivity (Wildman–Crippen MR) is 118 cm³/mol. The fraction of sp³-hybridized carbons (Fsp3) is 0.842. The molecule has 0 N–H and O–H groups in total. The van der Waals surface area contributed by atoms with Crippen molar-refractivity contribution in [3.05, 3.63) is 11.9 Å². The van der Waals surface area contributed by atoms with Crippen LogP contribution in [0.4, 0.5) is 0 Å². The van der Waals surface area contributed by atoms with Crippen LogP contribution in [0.5, 0.6) is 0 Å². The molecular formula is C19H33BN2O7P2. The lowest BCUT2D eigenvalue weighted by Gasteiger charge is -2.42. The zero-order valence-corrected chi connectivity index (χ0v) is 20.8. The predicted octanol–water partition coefficient (Wildman–Crippen LogP) is 3.56. The molecule has 12 heteroatoms. The van der Waals surface area contributed by atoms with E-state index in [0.717, 1.165) is 0 Å². The molecular weight excluding hydrogens is 441 g/mol. The Balaban J connectivity index is 2.24. The zero-order chi connectivity index (χ0) is 23.2. The summed E-state index contributed by atoms with van der Waals surface area (Å²) >= 11 is 0. The molecule has 2 aliphatic rings. The van der Waals surface area contributed by atoms with Crippen molar-refractivity contribution in [1.29, 1.82) is 5.26 Å². The highest BCUT2D eigenvalue weighted by molar-refractivity contribution is 7.57. The Morgan fingerprint density at radius 1 is 1.29 bits per heavy atom. The summed E-state index contributed by atoms with van der Waals surface area (Å²) in [5.74, 6) is 1.20. The minimum Gasteiger partial charge on any atom is -0.377 e. The molecule has 0 aliphatic carbocycles. The van der Waals surface area contributed by atoms with Crippen molar-refractivity contribution in [1.82, 2.24) is 4.67 Å². The summed E-state index contributed by atoms with van der Waals surface area (Å²) in [5, 5.41) is 8.91. The number of nitrogens with zero attached hydrogens (tertiary/aromatic N) is 2. The van der Waals surface area contributed by atoms with Crippen molar-refractivity contribution in [3.63, 3.8) is 0 Å². The van der Waals surface area contributed by atoms with Crippen molar-refractivity contribution in [3.8, 4) is 6.07 Å². The molecule has 9 nitrogen and oxygen atoms in total. The zero-order valence-electron chi connectivity index (χ0n) is 19.0. The maximum Gasteiger partial charge on any atom is 0.353 e. The van der Waals surface area contributed by atoms with Crippen molar-refractivity contribution in [2.45, 2.75) is 70.5 Å². The molecule has 0 spiro atoms. The maximum absolute atomic E-state index is 12.4. The summed E-state index contributed by atoms with van der Waals surface area (Å²) < 4.78 is 48.8. The number of hydrogen-bond donors (Lipinski definition) is 0. The van der Waals surface area contributed by atoms with E-state index in [1.165, 1.54) is 20.0 Å². The highest BCUT2D eigenvalue weighted by atomic mass is 31.2. The second kappa shape index (κ2) is 12.2. The first-order chi connectivity index (χ1) is 14.7. The van der Waals surface area contributed by atoms with Gasteiger partial charge in [0, 0.05) is 44.0 Å². The van der Waals surface area contributed by atoms with Gasteiger partial charge in [-0.25, -0.2) is 4.67 Å². The molecule has 2 saturated heterocycles. The Bertz CT molecular complexity index is 675. The fourth-order valence-electron chi connectivity index (χ4n) is 3.69. The van der Waals surface area contributed by atoms with Gasteiger partial charge in [0.1, 0.15) is 20.1 Å². The van der Waals surface area contributed by atoms with Crippen LogP contribution in [-0.2, 0) is 32.1 Å². The van der Waals surface area contributed by atoms with E-state index < -0.39 is 34.3 Å². The Labute approximate surface area is 188 Å². The third-order valence-corrected chi connectivity index (χ3v) is 8.81. The molecule has 2 heterocycles. The van der Waals surface area contributed by atoms with Gasteiger partial charge in [-0.15, -0.1) is 0 Å². The Morgan fingerprint density at radius 2 is 1.94 bits per heavy atom. The standard InChI is InChI=1S/C19H33BN2O7P2/c1-13(2)22(14(3)4)30(27-10-7-9-21)29-17-15-12-26-18(17)19(20)28-16(15)8-11-31(23,24-5)25-6/h8,11,13-19H,7,10,12H2,1-6H3/b11-8+/t15-,16?,17?,18-,19?,30?/m1/s1. The summed E-state index contributed by atoms with van der Waals surface area (Å²) in [7, 11) is 4.05. The van der Waals surface area contributed by atoms with Crippen LogP contribution in [0.2, 0.25) is 0 Å². The third-order valence-electron chi connectivity index (χ3n) is 5.13. The van der Waals surface area contributed by atoms with Crippen LogP contribution in [0, 0.1) is 17.2 Å². The van der Waals surface area contributed by atoms with Crippen LogP contribution < -0.4 is 0 Å². The molecule has 0 aromatic rings. The minimum absolute atomic E-state index is 0.172. The molecule has 0 aromatic heterocycles. The monoisotopic (exact) mass is 474 g/mol. The first-order valence-electron chi connectivity index (χ1n) is 10.4. The van der Waals surface area contributed by atoms with Crippen LogP contribution in [0.25, 0.3) is 0 Å². The second-order valence-electron chi connectivity index (χ2n) is 7.89. The van der Waals surface area contributed by atoms with Crippen LogP contribution in [0.3, 0.4) is 0 Å². The van der Waals surface area contributed by atoms with Gasteiger partial charge in [-0.1, -0.05) is 0 Å². The highest BCUT2D eigenvalue weighted by Crippen LogP contribution is 2.52. The van der Waals surface area contributed by atoms with Crippen LogP contribution in [0.1, 0.15) is 34.1 Å². The Hall–Kier alpha value is -0.325. The number of fused-ring (bicyclic) bond motifs is 2. The highest BCUT2D eigenvalue weighted by Gasteiger charge is 2.51. The summed E-state index contributed by atoms with van der Waals surface area (Å²) in [6, 6.07) is 1.72. The quantitative estimate of drug-likeness (QED) is 0.239. The van der Waals surface area contributed by atoms with Crippen molar-refractivity contribution >= 4 is 24.0 Å². The van der Waals surface area contributed by atoms with Gasteiger partial charge >= 0.3 is 7.60 Å². The van der Waals surface area contributed by atoms with E-state index in [9.17, 15) is 4.57 Å². The Morgan fingerprint density at radius 3 is 2.48 bits per heavy atom. The average molecular weight is 474 g/mol. The average Bonchev–Trinajstić information content (AvgIpc) is 3.05.